The summed E-state index contributed by atoms with van der Waals surface area (Å²) >= 11 is 0. The first-order valence-electron chi connectivity index (χ1n) is 6.38. The number of hydrogen-bond acceptors (Lipinski definition) is 2. The molecule has 0 aromatic heterocycles. The quantitative estimate of drug-likeness (QED) is 0.823. The highest BCUT2D eigenvalue weighted by atomic mass is 19.4. The van der Waals surface area contributed by atoms with Crippen LogP contribution in [0.4, 0.5) is 26.3 Å². The second-order valence-corrected chi connectivity index (χ2v) is 4.58. The lowest BCUT2D eigenvalue weighted by Gasteiger charge is -2.18. The first kappa shape index (κ1) is 17.1. The van der Waals surface area contributed by atoms with Crippen molar-refractivity contribution in [2.45, 2.75) is 19.1 Å². The van der Waals surface area contributed by atoms with Crippen molar-refractivity contribution >= 4 is 0 Å². The van der Waals surface area contributed by atoms with Gasteiger partial charge in [0.25, 0.3) is 0 Å². The molecule has 2 nitrogen and oxygen atoms in total. The van der Waals surface area contributed by atoms with Gasteiger partial charge in [-0.05, 0) is 23.3 Å². The summed E-state index contributed by atoms with van der Waals surface area (Å²) in [5, 5.41) is 0. The monoisotopic (exact) mass is 335 g/mol. The molecule has 0 aliphatic rings. The molecule has 0 amide bonds. The van der Waals surface area contributed by atoms with Crippen molar-refractivity contribution < 1.29 is 31.1 Å². The molecule has 0 spiro atoms. The van der Waals surface area contributed by atoms with Crippen LogP contribution in [-0.4, -0.2) is 6.36 Å². The lowest BCUT2D eigenvalue weighted by Crippen LogP contribution is -2.18. The Morgan fingerprint density at radius 1 is 0.826 bits per heavy atom. The summed E-state index contributed by atoms with van der Waals surface area (Å²) in [7, 11) is 0. The van der Waals surface area contributed by atoms with Crippen LogP contribution in [0.15, 0.2) is 42.5 Å². The average molecular weight is 335 g/mol. The molecule has 0 saturated heterocycles. The second kappa shape index (κ2) is 6.11. The fraction of sp³-hybridized carbons (Fsp3) is 0.200. The van der Waals surface area contributed by atoms with Crippen molar-refractivity contribution in [1.29, 1.82) is 0 Å². The van der Waals surface area contributed by atoms with E-state index in [4.69, 9.17) is 5.73 Å². The number of para-hydroxylation sites is 1. The minimum atomic E-state index is -4.96. The predicted octanol–water partition coefficient (Wildman–Crippen LogP) is 4.73. The van der Waals surface area contributed by atoms with E-state index in [-0.39, 0.29) is 16.7 Å². The molecule has 0 aliphatic carbocycles. The third-order valence-electron chi connectivity index (χ3n) is 3.09. The molecule has 8 heteroatoms. The van der Waals surface area contributed by atoms with Crippen LogP contribution < -0.4 is 10.5 Å². The van der Waals surface area contributed by atoms with Crippen molar-refractivity contribution in [3.63, 3.8) is 0 Å². The average Bonchev–Trinajstić information content (AvgIpc) is 2.44. The van der Waals surface area contributed by atoms with Gasteiger partial charge in [0.1, 0.15) is 5.75 Å². The van der Waals surface area contributed by atoms with Gasteiger partial charge in [0.15, 0.2) is 0 Å². The van der Waals surface area contributed by atoms with Gasteiger partial charge in [-0.25, -0.2) is 0 Å². The molecule has 124 valence electrons. The highest BCUT2D eigenvalue weighted by Gasteiger charge is 2.35. The first-order chi connectivity index (χ1) is 10.6. The van der Waals surface area contributed by atoms with Gasteiger partial charge in [-0.1, -0.05) is 30.3 Å². The molecule has 0 atom stereocenters. The van der Waals surface area contributed by atoms with Crippen LogP contribution in [0.3, 0.4) is 0 Å². The molecule has 0 aliphatic heterocycles. The lowest BCUT2D eigenvalue weighted by molar-refractivity contribution is -0.274. The van der Waals surface area contributed by atoms with Gasteiger partial charge < -0.3 is 10.5 Å². The topological polar surface area (TPSA) is 35.2 Å². The molecule has 23 heavy (non-hydrogen) atoms. The third-order valence-corrected chi connectivity index (χ3v) is 3.09. The van der Waals surface area contributed by atoms with Gasteiger partial charge in [-0.15, -0.1) is 13.2 Å². The van der Waals surface area contributed by atoms with Gasteiger partial charge in [-0.2, -0.15) is 13.2 Å². The van der Waals surface area contributed by atoms with E-state index < -0.39 is 30.4 Å². The molecule has 0 heterocycles. The van der Waals surface area contributed by atoms with Crippen LogP contribution >= 0.6 is 0 Å². The highest BCUT2D eigenvalue weighted by molar-refractivity contribution is 5.74. The standard InChI is InChI=1S/C15H11F6NO/c16-14(17,18)12-6-3-5-9(11(12)8-22)10-4-1-2-7-13(10)23-15(19,20)21/h1-7H,8,22H2. The Kier molecular flexibility index (Phi) is 4.56. The molecule has 2 N–H and O–H groups in total. The maximum atomic E-state index is 13.0. The predicted molar refractivity (Wildman–Crippen MR) is 71.5 cm³/mol. The van der Waals surface area contributed by atoms with E-state index in [2.05, 4.69) is 4.74 Å². The zero-order chi connectivity index (χ0) is 17.3. The van der Waals surface area contributed by atoms with E-state index in [0.29, 0.717) is 0 Å². The largest absolute Gasteiger partial charge is 0.573 e. The fourth-order valence-corrected chi connectivity index (χ4v) is 2.23. The summed E-state index contributed by atoms with van der Waals surface area (Å²) in [6, 6.07) is 8.19. The molecular formula is C15H11F6NO. The number of ether oxygens (including phenoxy) is 1. The van der Waals surface area contributed by atoms with Crippen molar-refractivity contribution in [3.05, 3.63) is 53.6 Å². The Labute approximate surface area is 127 Å². The van der Waals surface area contributed by atoms with E-state index in [1.807, 2.05) is 0 Å². The Morgan fingerprint density at radius 3 is 2.00 bits per heavy atom. The van der Waals surface area contributed by atoms with Crippen molar-refractivity contribution in [1.82, 2.24) is 0 Å². The number of halogens is 6. The smallest absolute Gasteiger partial charge is 0.405 e. The SMILES string of the molecule is NCc1c(-c2ccccc2OC(F)(F)F)cccc1C(F)(F)F. The molecule has 2 aromatic carbocycles. The molecular weight excluding hydrogens is 324 g/mol. The number of hydrogen-bond donors (Lipinski definition) is 1. The summed E-state index contributed by atoms with van der Waals surface area (Å²) in [4.78, 5) is 0. The normalized spacial score (nSPS) is 12.3. The van der Waals surface area contributed by atoms with Crippen LogP contribution in [0, 0.1) is 0 Å². The van der Waals surface area contributed by atoms with Crippen molar-refractivity contribution in [2.24, 2.45) is 5.73 Å². The lowest BCUT2D eigenvalue weighted by atomic mass is 9.94. The molecule has 0 radical (unpaired) electrons. The van der Waals surface area contributed by atoms with Crippen LogP contribution in [0.25, 0.3) is 11.1 Å². The zero-order valence-electron chi connectivity index (χ0n) is 11.5. The van der Waals surface area contributed by atoms with Gasteiger partial charge in [0, 0.05) is 12.1 Å². The molecule has 0 bridgehead atoms. The molecule has 2 aromatic rings. The Hall–Kier alpha value is -2.22. The van der Waals surface area contributed by atoms with Crippen LogP contribution in [0.5, 0.6) is 5.75 Å². The summed E-state index contributed by atoms with van der Waals surface area (Å²) in [5.74, 6) is -0.589. The summed E-state index contributed by atoms with van der Waals surface area (Å²) < 4.78 is 80.4. The van der Waals surface area contributed by atoms with Crippen molar-refractivity contribution in [3.8, 4) is 16.9 Å². The van der Waals surface area contributed by atoms with E-state index >= 15 is 0 Å². The van der Waals surface area contributed by atoms with E-state index in [0.717, 1.165) is 18.2 Å². The van der Waals surface area contributed by atoms with Gasteiger partial charge in [0.2, 0.25) is 0 Å². The Bertz CT molecular complexity index is 693. The maximum Gasteiger partial charge on any atom is 0.573 e. The minimum Gasteiger partial charge on any atom is -0.405 e. The third kappa shape index (κ3) is 3.95. The number of nitrogens with two attached hydrogens (primary N) is 1. The summed E-state index contributed by atoms with van der Waals surface area (Å²) in [6.07, 6.45) is -9.62. The first-order valence-corrected chi connectivity index (χ1v) is 6.38. The van der Waals surface area contributed by atoms with Gasteiger partial charge in [-0.3, -0.25) is 0 Å². The van der Waals surface area contributed by atoms with Gasteiger partial charge in [0.05, 0.1) is 5.56 Å². The highest BCUT2D eigenvalue weighted by Crippen LogP contribution is 2.40. The van der Waals surface area contributed by atoms with E-state index in [1.54, 1.807) is 0 Å². The number of benzene rings is 2. The maximum absolute atomic E-state index is 13.0. The number of alkyl halides is 6. The van der Waals surface area contributed by atoms with Crippen LogP contribution in [0.1, 0.15) is 11.1 Å². The zero-order valence-corrected chi connectivity index (χ0v) is 11.5. The Morgan fingerprint density at radius 2 is 1.43 bits per heavy atom. The fourth-order valence-electron chi connectivity index (χ4n) is 2.23. The summed E-state index contributed by atoms with van der Waals surface area (Å²) in [5.41, 5.74) is 3.95. The van der Waals surface area contributed by atoms with Crippen LogP contribution in [-0.2, 0) is 12.7 Å². The van der Waals surface area contributed by atoms with E-state index in [1.165, 1.54) is 24.3 Å². The summed E-state index contributed by atoms with van der Waals surface area (Å²) in [6.45, 7) is -0.481. The Balaban J connectivity index is 2.64. The molecule has 0 saturated carbocycles. The number of rotatable bonds is 3. The molecule has 2 rings (SSSR count). The minimum absolute atomic E-state index is 0.0535. The van der Waals surface area contributed by atoms with Crippen molar-refractivity contribution in [2.75, 3.05) is 0 Å². The van der Waals surface area contributed by atoms with E-state index in [9.17, 15) is 26.3 Å². The molecule has 0 fully saturated rings. The van der Waals surface area contributed by atoms with Gasteiger partial charge >= 0.3 is 12.5 Å². The molecule has 0 unspecified atom stereocenters. The van der Waals surface area contributed by atoms with Crippen LogP contribution in [0.2, 0.25) is 0 Å². The second-order valence-electron chi connectivity index (χ2n) is 4.58.